The molecule has 5 heteroatoms. The molecule has 1 saturated carbocycles. The lowest BCUT2D eigenvalue weighted by Crippen LogP contribution is -2.35. The van der Waals surface area contributed by atoms with Crippen molar-refractivity contribution in [3.8, 4) is 5.75 Å². The van der Waals surface area contributed by atoms with Crippen molar-refractivity contribution in [3.05, 3.63) is 18.5 Å². The molecule has 1 aromatic heterocycles. The zero-order chi connectivity index (χ0) is 13.0. The number of carbonyl (C=O) groups excluding carboxylic acids is 1. The number of hydrogen-bond donors (Lipinski definition) is 3. The van der Waals surface area contributed by atoms with Crippen molar-refractivity contribution in [3.63, 3.8) is 0 Å². The molecule has 0 unspecified atom stereocenters. The first kappa shape index (κ1) is 12.8. The van der Waals surface area contributed by atoms with Crippen LogP contribution in [0.1, 0.15) is 38.5 Å². The maximum absolute atomic E-state index is 11.8. The summed E-state index contributed by atoms with van der Waals surface area (Å²) in [6.07, 6.45) is 7.22. The van der Waals surface area contributed by atoms with Crippen LogP contribution in [0.3, 0.4) is 0 Å². The van der Waals surface area contributed by atoms with E-state index < -0.39 is 5.60 Å². The van der Waals surface area contributed by atoms with E-state index in [0.29, 0.717) is 18.5 Å². The summed E-state index contributed by atoms with van der Waals surface area (Å²) < 4.78 is 0. The first-order chi connectivity index (χ1) is 8.59. The Balaban J connectivity index is 1.94. The third kappa shape index (κ3) is 3.20. The summed E-state index contributed by atoms with van der Waals surface area (Å²) in [5.41, 5.74) is -0.556. The minimum Gasteiger partial charge on any atom is -0.504 e. The van der Waals surface area contributed by atoms with Crippen molar-refractivity contribution >= 4 is 11.6 Å². The molecule has 0 spiro atoms. The Hall–Kier alpha value is -1.62. The summed E-state index contributed by atoms with van der Waals surface area (Å²) in [6.45, 7) is 0. The molecule has 1 fully saturated rings. The smallest absolute Gasteiger partial charge is 0.227 e. The Morgan fingerprint density at radius 3 is 2.78 bits per heavy atom. The van der Waals surface area contributed by atoms with Crippen LogP contribution in [0.15, 0.2) is 18.5 Å². The number of pyridine rings is 1. The lowest BCUT2D eigenvalue weighted by molar-refractivity contribution is -0.122. The Bertz CT molecular complexity index is 428. The van der Waals surface area contributed by atoms with Gasteiger partial charge in [-0.1, -0.05) is 19.3 Å². The first-order valence-electron chi connectivity index (χ1n) is 6.24. The van der Waals surface area contributed by atoms with Gasteiger partial charge in [-0.2, -0.15) is 0 Å². The minimum atomic E-state index is -0.884. The van der Waals surface area contributed by atoms with Gasteiger partial charge in [-0.05, 0) is 18.9 Å². The van der Waals surface area contributed by atoms with Gasteiger partial charge in [-0.25, -0.2) is 0 Å². The molecule has 18 heavy (non-hydrogen) atoms. The fourth-order valence-electron chi connectivity index (χ4n) is 2.37. The second-order valence-electron chi connectivity index (χ2n) is 4.90. The SMILES string of the molecule is O=C(CC1(O)CCCCC1)Nc1ccncc1O. The average molecular weight is 250 g/mol. The number of aromatic hydroxyl groups is 1. The van der Waals surface area contributed by atoms with Crippen molar-refractivity contribution in [2.24, 2.45) is 0 Å². The fraction of sp³-hybridized carbons (Fsp3) is 0.538. The maximum Gasteiger partial charge on any atom is 0.227 e. The quantitative estimate of drug-likeness (QED) is 0.764. The number of aliphatic hydroxyl groups is 1. The monoisotopic (exact) mass is 250 g/mol. The van der Waals surface area contributed by atoms with Crippen LogP contribution in [-0.2, 0) is 4.79 Å². The molecule has 0 aliphatic heterocycles. The van der Waals surface area contributed by atoms with E-state index in [-0.39, 0.29) is 18.1 Å². The Morgan fingerprint density at radius 1 is 1.39 bits per heavy atom. The molecule has 0 bridgehead atoms. The Labute approximate surface area is 106 Å². The van der Waals surface area contributed by atoms with Crippen LogP contribution in [0.4, 0.5) is 5.69 Å². The van der Waals surface area contributed by atoms with Crippen LogP contribution in [-0.4, -0.2) is 26.7 Å². The van der Waals surface area contributed by atoms with Gasteiger partial charge in [0, 0.05) is 6.20 Å². The van der Waals surface area contributed by atoms with E-state index in [9.17, 15) is 15.0 Å². The molecule has 1 aliphatic carbocycles. The summed E-state index contributed by atoms with van der Waals surface area (Å²) >= 11 is 0. The van der Waals surface area contributed by atoms with Crippen LogP contribution in [0.25, 0.3) is 0 Å². The van der Waals surface area contributed by atoms with Crippen LogP contribution in [0, 0.1) is 0 Å². The van der Waals surface area contributed by atoms with Crippen LogP contribution >= 0.6 is 0 Å². The number of rotatable bonds is 3. The summed E-state index contributed by atoms with van der Waals surface area (Å²) in [7, 11) is 0. The number of anilines is 1. The maximum atomic E-state index is 11.8. The molecule has 3 N–H and O–H groups in total. The zero-order valence-electron chi connectivity index (χ0n) is 10.2. The molecule has 2 rings (SSSR count). The second kappa shape index (κ2) is 5.35. The molecule has 0 atom stereocenters. The van der Waals surface area contributed by atoms with E-state index in [1.54, 1.807) is 0 Å². The molecule has 0 saturated heterocycles. The van der Waals surface area contributed by atoms with Gasteiger partial charge in [-0.15, -0.1) is 0 Å². The summed E-state index contributed by atoms with van der Waals surface area (Å²) in [5.74, 6) is -0.345. The van der Waals surface area contributed by atoms with Crippen LogP contribution < -0.4 is 5.32 Å². The molecule has 1 aliphatic rings. The van der Waals surface area contributed by atoms with Crippen LogP contribution in [0.5, 0.6) is 5.75 Å². The topological polar surface area (TPSA) is 82.5 Å². The molecule has 1 amide bonds. The number of aromatic nitrogens is 1. The highest BCUT2D eigenvalue weighted by Gasteiger charge is 2.31. The van der Waals surface area contributed by atoms with Gasteiger partial charge in [0.05, 0.1) is 23.9 Å². The summed E-state index contributed by atoms with van der Waals surface area (Å²) in [5, 5.41) is 22.3. The molecule has 1 heterocycles. The highest BCUT2D eigenvalue weighted by atomic mass is 16.3. The Morgan fingerprint density at radius 2 is 2.11 bits per heavy atom. The number of hydrogen-bond acceptors (Lipinski definition) is 4. The zero-order valence-corrected chi connectivity index (χ0v) is 10.2. The molecule has 5 nitrogen and oxygen atoms in total. The normalized spacial score (nSPS) is 18.3. The lowest BCUT2D eigenvalue weighted by atomic mass is 9.82. The van der Waals surface area contributed by atoms with Gasteiger partial charge in [0.1, 0.15) is 0 Å². The molecule has 0 radical (unpaired) electrons. The largest absolute Gasteiger partial charge is 0.504 e. The van der Waals surface area contributed by atoms with Gasteiger partial charge in [-0.3, -0.25) is 9.78 Å². The summed E-state index contributed by atoms with van der Waals surface area (Å²) in [4.78, 5) is 15.6. The Kier molecular flexibility index (Phi) is 3.81. The van der Waals surface area contributed by atoms with Gasteiger partial charge in [0.15, 0.2) is 5.75 Å². The van der Waals surface area contributed by atoms with Gasteiger partial charge in [0.2, 0.25) is 5.91 Å². The van der Waals surface area contributed by atoms with Crippen LogP contribution in [0.2, 0.25) is 0 Å². The molecular weight excluding hydrogens is 232 g/mol. The molecule has 1 aromatic rings. The first-order valence-corrected chi connectivity index (χ1v) is 6.24. The predicted octanol–water partition coefficient (Wildman–Crippen LogP) is 1.81. The summed E-state index contributed by atoms with van der Waals surface area (Å²) in [6, 6.07) is 1.53. The van der Waals surface area contributed by atoms with Gasteiger partial charge < -0.3 is 15.5 Å². The number of nitrogens with one attached hydrogen (secondary N) is 1. The van der Waals surface area contributed by atoms with Gasteiger partial charge >= 0.3 is 0 Å². The average Bonchev–Trinajstić information content (AvgIpc) is 2.32. The van der Waals surface area contributed by atoms with Crippen molar-refractivity contribution < 1.29 is 15.0 Å². The van der Waals surface area contributed by atoms with E-state index in [2.05, 4.69) is 10.3 Å². The third-order valence-electron chi connectivity index (χ3n) is 3.35. The van der Waals surface area contributed by atoms with Crippen molar-refractivity contribution in [1.29, 1.82) is 0 Å². The van der Waals surface area contributed by atoms with E-state index >= 15 is 0 Å². The van der Waals surface area contributed by atoms with E-state index in [1.165, 1.54) is 18.5 Å². The predicted molar refractivity (Wildman–Crippen MR) is 67.2 cm³/mol. The number of amides is 1. The standard InChI is InChI=1S/C13H18N2O3/c16-11-9-14-7-4-10(11)15-12(17)8-13(18)5-2-1-3-6-13/h4,7,9,16,18H,1-3,5-6,8H2,(H,14,15,17). The molecular formula is C13H18N2O3. The van der Waals surface area contributed by atoms with E-state index in [4.69, 9.17) is 0 Å². The molecule has 98 valence electrons. The number of nitrogens with zero attached hydrogens (tertiary/aromatic N) is 1. The highest BCUT2D eigenvalue weighted by molar-refractivity contribution is 5.92. The van der Waals surface area contributed by atoms with Crippen molar-refractivity contribution in [2.75, 3.05) is 5.32 Å². The van der Waals surface area contributed by atoms with E-state index in [1.807, 2.05) is 0 Å². The van der Waals surface area contributed by atoms with Crippen molar-refractivity contribution in [2.45, 2.75) is 44.1 Å². The molecule has 0 aromatic carbocycles. The van der Waals surface area contributed by atoms with E-state index in [0.717, 1.165) is 19.3 Å². The van der Waals surface area contributed by atoms with Gasteiger partial charge in [0.25, 0.3) is 0 Å². The second-order valence-corrected chi connectivity index (χ2v) is 4.90. The highest BCUT2D eigenvalue weighted by Crippen LogP contribution is 2.31. The lowest BCUT2D eigenvalue weighted by Gasteiger charge is -2.31. The number of carbonyl (C=O) groups is 1. The third-order valence-corrected chi connectivity index (χ3v) is 3.35. The van der Waals surface area contributed by atoms with Crippen molar-refractivity contribution in [1.82, 2.24) is 4.98 Å². The minimum absolute atomic E-state index is 0.0681. The fourth-order valence-corrected chi connectivity index (χ4v) is 2.37.